The average molecular weight is 363 g/mol. The van der Waals surface area contributed by atoms with E-state index in [-0.39, 0.29) is 10.5 Å². The summed E-state index contributed by atoms with van der Waals surface area (Å²) in [6.07, 6.45) is -1.03. The van der Waals surface area contributed by atoms with Crippen molar-refractivity contribution >= 4 is 27.6 Å². The van der Waals surface area contributed by atoms with E-state index in [1.807, 2.05) is 0 Å². The first-order chi connectivity index (χ1) is 11.8. The monoisotopic (exact) mass is 363 g/mol. The largest absolute Gasteiger partial charge is 0.466 e. The molecule has 0 aromatic heterocycles. The van der Waals surface area contributed by atoms with Gasteiger partial charge in [0.05, 0.1) is 17.6 Å². The fourth-order valence-corrected chi connectivity index (χ4v) is 3.01. The van der Waals surface area contributed by atoms with Gasteiger partial charge in [-0.3, -0.25) is 4.72 Å². The number of esters is 2. The van der Waals surface area contributed by atoms with Crippen molar-refractivity contribution in [2.75, 3.05) is 11.8 Å². The summed E-state index contributed by atoms with van der Waals surface area (Å²) in [5.41, 5.74) is 0.472. The van der Waals surface area contributed by atoms with E-state index in [9.17, 15) is 18.0 Å². The number of anilines is 1. The van der Waals surface area contributed by atoms with Gasteiger partial charge in [0, 0.05) is 5.69 Å². The lowest BCUT2D eigenvalue weighted by molar-refractivity contribution is -0.149. The lowest BCUT2D eigenvalue weighted by Gasteiger charge is -2.11. The van der Waals surface area contributed by atoms with Crippen LogP contribution in [0.25, 0.3) is 0 Å². The number of hydrogen-bond donors (Lipinski definition) is 1. The smallest absolute Gasteiger partial charge is 0.346 e. The molecule has 0 spiro atoms. The molecule has 0 amide bonds. The summed E-state index contributed by atoms with van der Waals surface area (Å²) in [4.78, 5) is 23.3. The number of carbonyl (C=O) groups is 2. The van der Waals surface area contributed by atoms with Crippen molar-refractivity contribution in [2.24, 2.45) is 0 Å². The SMILES string of the molecule is COC(=O)[C@@H](C)OC(=O)c1ccc(NS(=O)(=O)c2ccccc2)cc1. The molecule has 0 aliphatic carbocycles. The van der Waals surface area contributed by atoms with Crippen molar-refractivity contribution in [3.63, 3.8) is 0 Å². The summed E-state index contributed by atoms with van der Waals surface area (Å²) in [5.74, 6) is -1.38. The maximum Gasteiger partial charge on any atom is 0.346 e. The predicted molar refractivity (Wildman–Crippen MR) is 90.6 cm³/mol. The summed E-state index contributed by atoms with van der Waals surface area (Å²) >= 11 is 0. The summed E-state index contributed by atoms with van der Waals surface area (Å²) in [6, 6.07) is 13.6. The molecule has 7 nitrogen and oxygen atoms in total. The van der Waals surface area contributed by atoms with Crippen LogP contribution in [0.3, 0.4) is 0 Å². The van der Waals surface area contributed by atoms with Crippen LogP contribution in [0.5, 0.6) is 0 Å². The molecule has 2 rings (SSSR count). The Morgan fingerprint density at radius 2 is 1.60 bits per heavy atom. The van der Waals surface area contributed by atoms with Crippen LogP contribution in [-0.2, 0) is 24.3 Å². The molecule has 1 N–H and O–H groups in total. The van der Waals surface area contributed by atoms with Crippen LogP contribution in [0.2, 0.25) is 0 Å². The summed E-state index contributed by atoms with van der Waals surface area (Å²) in [6.45, 7) is 1.39. The van der Waals surface area contributed by atoms with E-state index in [0.29, 0.717) is 5.69 Å². The summed E-state index contributed by atoms with van der Waals surface area (Å²) in [7, 11) is -2.51. The molecule has 2 aromatic carbocycles. The molecular formula is C17H17NO6S. The van der Waals surface area contributed by atoms with Gasteiger partial charge in [-0.25, -0.2) is 18.0 Å². The molecule has 0 saturated heterocycles. The second-order valence-corrected chi connectivity index (χ2v) is 6.75. The number of ether oxygens (including phenoxy) is 2. The van der Waals surface area contributed by atoms with E-state index in [2.05, 4.69) is 9.46 Å². The van der Waals surface area contributed by atoms with Crippen molar-refractivity contribution in [2.45, 2.75) is 17.9 Å². The molecule has 25 heavy (non-hydrogen) atoms. The van der Waals surface area contributed by atoms with E-state index in [1.54, 1.807) is 18.2 Å². The Bertz CT molecular complexity index is 846. The van der Waals surface area contributed by atoms with Crippen LogP contribution in [0.15, 0.2) is 59.5 Å². The Morgan fingerprint density at radius 1 is 1.00 bits per heavy atom. The Morgan fingerprint density at radius 3 is 2.16 bits per heavy atom. The number of sulfonamides is 1. The Hall–Kier alpha value is -2.87. The number of carbonyl (C=O) groups excluding carboxylic acids is 2. The number of nitrogens with one attached hydrogen (secondary N) is 1. The van der Waals surface area contributed by atoms with Crippen LogP contribution in [-0.4, -0.2) is 33.6 Å². The zero-order chi connectivity index (χ0) is 18.4. The standard InChI is InChI=1S/C17H17NO6S/c1-12(16(19)23-2)24-17(20)13-8-10-14(11-9-13)18-25(21,22)15-6-4-3-5-7-15/h3-12,18H,1-2H3/t12-/m1/s1. The lowest BCUT2D eigenvalue weighted by atomic mass is 10.2. The maximum atomic E-state index is 12.2. The molecule has 2 aromatic rings. The fraction of sp³-hybridized carbons (Fsp3) is 0.176. The van der Waals surface area contributed by atoms with Crippen molar-refractivity contribution < 1.29 is 27.5 Å². The van der Waals surface area contributed by atoms with Gasteiger partial charge in [0.15, 0.2) is 6.10 Å². The molecule has 0 heterocycles. The van der Waals surface area contributed by atoms with Gasteiger partial charge in [0.25, 0.3) is 10.0 Å². The van der Waals surface area contributed by atoms with E-state index in [4.69, 9.17) is 4.74 Å². The summed E-state index contributed by atoms with van der Waals surface area (Å²) in [5, 5.41) is 0. The van der Waals surface area contributed by atoms with Crippen LogP contribution in [0.1, 0.15) is 17.3 Å². The quantitative estimate of drug-likeness (QED) is 0.790. The molecule has 132 valence electrons. The second kappa shape index (κ2) is 7.80. The molecule has 0 fully saturated rings. The number of rotatable bonds is 6. The molecule has 1 atom stereocenters. The van der Waals surface area contributed by atoms with Crippen LogP contribution in [0.4, 0.5) is 5.69 Å². The normalized spacial score (nSPS) is 12.1. The third-order valence-corrected chi connectivity index (χ3v) is 4.64. The topological polar surface area (TPSA) is 98.8 Å². The first-order valence-corrected chi connectivity index (χ1v) is 8.78. The van der Waals surface area contributed by atoms with E-state index >= 15 is 0 Å². The first-order valence-electron chi connectivity index (χ1n) is 7.30. The minimum Gasteiger partial charge on any atom is -0.466 e. The highest BCUT2D eigenvalue weighted by Gasteiger charge is 2.19. The Balaban J connectivity index is 2.07. The third kappa shape index (κ3) is 4.80. The second-order valence-electron chi connectivity index (χ2n) is 5.07. The minimum atomic E-state index is -3.71. The first kappa shape index (κ1) is 18.5. The van der Waals surface area contributed by atoms with Gasteiger partial charge in [-0.2, -0.15) is 0 Å². The van der Waals surface area contributed by atoms with Crippen molar-refractivity contribution in [1.82, 2.24) is 0 Å². The van der Waals surface area contributed by atoms with E-state index < -0.39 is 28.1 Å². The molecule has 0 aliphatic rings. The van der Waals surface area contributed by atoms with Gasteiger partial charge in [-0.05, 0) is 43.3 Å². The maximum absolute atomic E-state index is 12.2. The minimum absolute atomic E-state index is 0.130. The molecule has 8 heteroatoms. The highest BCUT2D eigenvalue weighted by Crippen LogP contribution is 2.17. The van der Waals surface area contributed by atoms with Gasteiger partial charge < -0.3 is 9.47 Å². The van der Waals surface area contributed by atoms with Crippen LogP contribution < -0.4 is 4.72 Å². The third-order valence-electron chi connectivity index (χ3n) is 3.24. The Labute approximate surface area is 145 Å². The van der Waals surface area contributed by atoms with Crippen molar-refractivity contribution in [3.8, 4) is 0 Å². The zero-order valence-electron chi connectivity index (χ0n) is 13.6. The fourth-order valence-electron chi connectivity index (χ4n) is 1.93. The highest BCUT2D eigenvalue weighted by atomic mass is 32.2. The van der Waals surface area contributed by atoms with E-state index in [1.165, 1.54) is 50.4 Å². The molecule has 0 aliphatic heterocycles. The molecule has 0 radical (unpaired) electrons. The van der Waals surface area contributed by atoms with Crippen LogP contribution in [0, 0.1) is 0 Å². The van der Waals surface area contributed by atoms with E-state index in [0.717, 1.165) is 0 Å². The zero-order valence-corrected chi connectivity index (χ0v) is 14.4. The average Bonchev–Trinajstić information content (AvgIpc) is 2.62. The molecular weight excluding hydrogens is 346 g/mol. The van der Waals surface area contributed by atoms with Gasteiger partial charge in [-0.15, -0.1) is 0 Å². The number of benzene rings is 2. The van der Waals surface area contributed by atoms with Gasteiger partial charge >= 0.3 is 11.9 Å². The van der Waals surface area contributed by atoms with Gasteiger partial charge in [0.2, 0.25) is 0 Å². The van der Waals surface area contributed by atoms with Gasteiger partial charge in [0.1, 0.15) is 0 Å². The number of hydrogen-bond acceptors (Lipinski definition) is 6. The molecule has 0 unspecified atom stereocenters. The predicted octanol–water partition coefficient (Wildman–Crippen LogP) is 2.21. The molecule has 0 saturated carbocycles. The number of methoxy groups -OCH3 is 1. The van der Waals surface area contributed by atoms with Crippen LogP contribution >= 0.6 is 0 Å². The van der Waals surface area contributed by atoms with Gasteiger partial charge in [-0.1, -0.05) is 18.2 Å². The highest BCUT2D eigenvalue weighted by molar-refractivity contribution is 7.92. The molecule has 0 bridgehead atoms. The summed E-state index contributed by atoms with van der Waals surface area (Å²) < 4.78 is 36.3. The lowest BCUT2D eigenvalue weighted by Crippen LogP contribution is -2.25. The van der Waals surface area contributed by atoms with Crippen molar-refractivity contribution in [1.29, 1.82) is 0 Å². The Kier molecular flexibility index (Phi) is 5.76. The van der Waals surface area contributed by atoms with Crippen molar-refractivity contribution in [3.05, 3.63) is 60.2 Å².